The molecule has 148 valence electrons. The molecule has 0 saturated carbocycles. The van der Waals surface area contributed by atoms with Gasteiger partial charge in [0.1, 0.15) is 11.8 Å². The predicted octanol–water partition coefficient (Wildman–Crippen LogP) is 4.22. The third-order valence-corrected chi connectivity index (χ3v) is 4.95. The van der Waals surface area contributed by atoms with Gasteiger partial charge in [0.25, 0.3) is 17.4 Å². The molecule has 0 radical (unpaired) electrons. The molecule has 1 heterocycles. The van der Waals surface area contributed by atoms with Crippen LogP contribution in [0.2, 0.25) is 0 Å². The third-order valence-electron chi connectivity index (χ3n) is 4.95. The topological polar surface area (TPSA) is 101 Å². The summed E-state index contributed by atoms with van der Waals surface area (Å²) in [4.78, 5) is 38.3. The number of nitro groups is 1. The Kier molecular flexibility index (Phi) is 4.85. The van der Waals surface area contributed by atoms with Crippen molar-refractivity contribution in [1.82, 2.24) is 0 Å². The first-order valence-corrected chi connectivity index (χ1v) is 9.15. The van der Waals surface area contributed by atoms with Gasteiger partial charge in [0.15, 0.2) is 0 Å². The molecule has 3 aromatic carbocycles. The number of hydrogen-bond acceptors (Lipinski definition) is 5. The minimum Gasteiger partial charge on any atom is -0.507 e. The van der Waals surface area contributed by atoms with Crippen molar-refractivity contribution in [3.63, 3.8) is 0 Å². The number of rotatable bonds is 4. The summed E-state index contributed by atoms with van der Waals surface area (Å²) in [5.74, 6) is -2.14. The summed E-state index contributed by atoms with van der Waals surface area (Å²) in [6.45, 7) is 0. The maximum atomic E-state index is 13.0. The lowest BCUT2D eigenvalue weighted by atomic mass is 9.94. The van der Waals surface area contributed by atoms with Crippen LogP contribution in [0.15, 0.2) is 90.5 Å². The first-order chi connectivity index (χ1) is 14.5. The Labute approximate surface area is 171 Å². The number of aliphatic hydroxyl groups is 1. The number of para-hydroxylation sites is 2. The molecule has 1 aliphatic rings. The molecule has 0 spiro atoms. The molecule has 0 aromatic heterocycles. The number of carbonyl (C=O) groups excluding carboxylic acids is 2. The van der Waals surface area contributed by atoms with Crippen molar-refractivity contribution in [2.45, 2.75) is 6.04 Å². The second kappa shape index (κ2) is 7.63. The van der Waals surface area contributed by atoms with Crippen molar-refractivity contribution in [3.8, 4) is 0 Å². The van der Waals surface area contributed by atoms with E-state index in [1.54, 1.807) is 66.7 Å². The molecule has 30 heavy (non-hydrogen) atoms. The van der Waals surface area contributed by atoms with Gasteiger partial charge in [0, 0.05) is 17.3 Å². The molecule has 1 fully saturated rings. The molecule has 1 saturated heterocycles. The zero-order valence-electron chi connectivity index (χ0n) is 15.6. The van der Waals surface area contributed by atoms with Crippen LogP contribution in [0.4, 0.5) is 11.4 Å². The summed E-state index contributed by atoms with van der Waals surface area (Å²) in [6.07, 6.45) is 0. The van der Waals surface area contributed by atoms with Crippen LogP contribution in [0.5, 0.6) is 0 Å². The summed E-state index contributed by atoms with van der Waals surface area (Å²) < 4.78 is 0. The summed E-state index contributed by atoms with van der Waals surface area (Å²) in [5.41, 5.74) is 0.443. The van der Waals surface area contributed by atoms with Crippen LogP contribution in [-0.4, -0.2) is 21.7 Å². The monoisotopic (exact) mass is 400 g/mol. The normalized spacial score (nSPS) is 17.9. The fraction of sp³-hybridized carbons (Fsp3) is 0.0435. The van der Waals surface area contributed by atoms with E-state index in [2.05, 4.69) is 0 Å². The maximum Gasteiger partial charge on any atom is 0.300 e. The van der Waals surface area contributed by atoms with Crippen molar-refractivity contribution in [2.24, 2.45) is 0 Å². The Morgan fingerprint density at radius 1 is 0.867 bits per heavy atom. The number of nitrogens with zero attached hydrogens (tertiary/aromatic N) is 2. The van der Waals surface area contributed by atoms with Crippen molar-refractivity contribution in [3.05, 3.63) is 112 Å². The van der Waals surface area contributed by atoms with E-state index in [-0.39, 0.29) is 22.6 Å². The van der Waals surface area contributed by atoms with Crippen LogP contribution >= 0.6 is 0 Å². The van der Waals surface area contributed by atoms with Crippen LogP contribution in [0.3, 0.4) is 0 Å². The minimum atomic E-state index is -1.14. The Morgan fingerprint density at radius 3 is 2.07 bits per heavy atom. The first-order valence-electron chi connectivity index (χ1n) is 9.15. The van der Waals surface area contributed by atoms with Gasteiger partial charge in [-0.05, 0) is 18.2 Å². The van der Waals surface area contributed by atoms with Gasteiger partial charge in [0.05, 0.1) is 16.1 Å². The molecule has 0 unspecified atom stereocenters. The summed E-state index contributed by atoms with van der Waals surface area (Å²) in [7, 11) is 0. The van der Waals surface area contributed by atoms with Crippen LogP contribution in [0.25, 0.3) is 5.76 Å². The molecule has 1 atom stereocenters. The first kappa shape index (κ1) is 19.1. The molecule has 1 N–H and O–H groups in total. The third kappa shape index (κ3) is 3.12. The number of anilines is 1. The van der Waals surface area contributed by atoms with Gasteiger partial charge in [-0.2, -0.15) is 0 Å². The second-order valence-corrected chi connectivity index (χ2v) is 6.69. The Morgan fingerprint density at radius 2 is 1.43 bits per heavy atom. The average Bonchev–Trinajstić information content (AvgIpc) is 3.05. The van der Waals surface area contributed by atoms with Gasteiger partial charge < -0.3 is 5.11 Å². The van der Waals surface area contributed by atoms with E-state index in [1.807, 2.05) is 0 Å². The van der Waals surface area contributed by atoms with Crippen LogP contribution in [0.1, 0.15) is 17.2 Å². The standard InChI is InChI=1S/C23H16N2O5/c26-21(15-9-3-1-4-10-15)19-20(17-13-7-8-14-18(17)25(29)30)24(23(28)22(19)27)16-11-5-2-6-12-16/h1-14,20,26H/t20-/m1/s1. The largest absolute Gasteiger partial charge is 0.507 e. The quantitative estimate of drug-likeness (QED) is 0.232. The Bertz CT molecular complexity index is 1170. The van der Waals surface area contributed by atoms with Gasteiger partial charge in [-0.3, -0.25) is 24.6 Å². The van der Waals surface area contributed by atoms with Crippen molar-refractivity contribution in [1.29, 1.82) is 0 Å². The lowest BCUT2D eigenvalue weighted by Crippen LogP contribution is -2.29. The fourth-order valence-electron chi connectivity index (χ4n) is 3.62. The lowest BCUT2D eigenvalue weighted by molar-refractivity contribution is -0.385. The highest BCUT2D eigenvalue weighted by Crippen LogP contribution is 2.44. The number of amides is 1. The highest BCUT2D eigenvalue weighted by molar-refractivity contribution is 6.51. The summed E-state index contributed by atoms with van der Waals surface area (Å²) in [5, 5.41) is 22.6. The van der Waals surface area contributed by atoms with E-state index in [1.165, 1.54) is 23.1 Å². The van der Waals surface area contributed by atoms with Crippen molar-refractivity contribution in [2.75, 3.05) is 4.90 Å². The molecular weight excluding hydrogens is 384 g/mol. The number of hydrogen-bond donors (Lipinski definition) is 1. The zero-order valence-corrected chi connectivity index (χ0v) is 15.6. The Balaban J connectivity index is 2.02. The van der Waals surface area contributed by atoms with E-state index < -0.39 is 22.7 Å². The van der Waals surface area contributed by atoms with Gasteiger partial charge in [-0.1, -0.05) is 60.7 Å². The van der Waals surface area contributed by atoms with Crippen LogP contribution < -0.4 is 4.90 Å². The fourth-order valence-corrected chi connectivity index (χ4v) is 3.62. The maximum absolute atomic E-state index is 13.0. The number of benzene rings is 3. The predicted molar refractivity (Wildman–Crippen MR) is 111 cm³/mol. The van der Waals surface area contributed by atoms with Gasteiger partial charge in [-0.25, -0.2) is 0 Å². The second-order valence-electron chi connectivity index (χ2n) is 6.69. The van der Waals surface area contributed by atoms with Gasteiger partial charge >= 0.3 is 0 Å². The smallest absolute Gasteiger partial charge is 0.300 e. The van der Waals surface area contributed by atoms with Gasteiger partial charge in [0.2, 0.25) is 0 Å². The number of nitro benzene ring substituents is 1. The number of Topliss-reactive ketones (excluding diaryl/α,β-unsaturated/α-hetero) is 1. The average molecular weight is 400 g/mol. The summed E-state index contributed by atoms with van der Waals surface area (Å²) >= 11 is 0. The van der Waals surface area contributed by atoms with Crippen LogP contribution in [0, 0.1) is 10.1 Å². The molecule has 3 aromatic rings. The molecule has 7 heteroatoms. The van der Waals surface area contributed by atoms with Crippen LogP contribution in [-0.2, 0) is 9.59 Å². The molecule has 1 aliphatic heterocycles. The van der Waals surface area contributed by atoms with E-state index in [0.717, 1.165) is 0 Å². The molecule has 0 bridgehead atoms. The van der Waals surface area contributed by atoms with E-state index in [4.69, 9.17) is 0 Å². The molecule has 4 rings (SSSR count). The lowest BCUT2D eigenvalue weighted by Gasteiger charge is -2.25. The number of aliphatic hydroxyl groups excluding tert-OH is 1. The van der Waals surface area contributed by atoms with E-state index in [9.17, 15) is 24.8 Å². The highest BCUT2D eigenvalue weighted by Gasteiger charge is 2.48. The van der Waals surface area contributed by atoms with Gasteiger partial charge in [-0.15, -0.1) is 0 Å². The minimum absolute atomic E-state index is 0.142. The van der Waals surface area contributed by atoms with E-state index >= 15 is 0 Å². The highest BCUT2D eigenvalue weighted by atomic mass is 16.6. The molecule has 0 aliphatic carbocycles. The van der Waals surface area contributed by atoms with Crippen molar-refractivity contribution < 1.29 is 19.6 Å². The Hall–Kier alpha value is -4.26. The van der Waals surface area contributed by atoms with E-state index in [0.29, 0.717) is 11.3 Å². The molecular formula is C23H16N2O5. The SMILES string of the molecule is O=C1C(=O)N(c2ccccc2)[C@H](c2ccccc2[N+](=O)[O-])C1=C(O)c1ccccc1. The molecule has 7 nitrogen and oxygen atoms in total. The summed E-state index contributed by atoms with van der Waals surface area (Å²) in [6, 6.07) is 21.5. The molecule has 1 amide bonds. The number of carbonyl (C=O) groups is 2. The number of ketones is 1. The zero-order chi connectivity index (χ0) is 21.3. The van der Waals surface area contributed by atoms with Crippen molar-refractivity contribution >= 4 is 28.8 Å².